The summed E-state index contributed by atoms with van der Waals surface area (Å²) in [5.41, 5.74) is 5.22. The van der Waals surface area contributed by atoms with Gasteiger partial charge in [0.1, 0.15) is 25.2 Å². The quantitative estimate of drug-likeness (QED) is 0.310. The van der Waals surface area contributed by atoms with Gasteiger partial charge in [-0.15, -0.1) is 0 Å². The topological polar surface area (TPSA) is 123 Å². The van der Waals surface area contributed by atoms with Gasteiger partial charge in [0.15, 0.2) is 0 Å². The molecule has 4 rings (SSSR count). The molecule has 214 valence electrons. The van der Waals surface area contributed by atoms with E-state index in [4.69, 9.17) is 4.74 Å². The van der Waals surface area contributed by atoms with Crippen molar-refractivity contribution >= 4 is 23.9 Å². The van der Waals surface area contributed by atoms with Gasteiger partial charge in [0.05, 0.1) is 7.11 Å². The van der Waals surface area contributed by atoms with E-state index in [1.807, 2.05) is 66.7 Å². The summed E-state index contributed by atoms with van der Waals surface area (Å²) in [5.74, 6) is -2.11. The third-order valence-electron chi connectivity index (χ3n) is 7.12. The van der Waals surface area contributed by atoms with Crippen LogP contribution in [-0.2, 0) is 30.3 Å². The van der Waals surface area contributed by atoms with E-state index in [0.717, 1.165) is 27.8 Å². The van der Waals surface area contributed by atoms with Crippen LogP contribution >= 0.6 is 0 Å². The number of ether oxygens (including phenoxy) is 2. The highest BCUT2D eigenvalue weighted by molar-refractivity contribution is 5.92. The number of benzene rings is 3. The van der Waals surface area contributed by atoms with E-state index in [2.05, 4.69) is 32.8 Å². The van der Waals surface area contributed by atoms with Crippen LogP contribution in [0.2, 0.25) is 0 Å². The van der Waals surface area contributed by atoms with Gasteiger partial charge in [-0.3, -0.25) is 14.4 Å². The Morgan fingerprint density at radius 1 is 0.780 bits per heavy atom. The number of nitrogens with one attached hydrogen (secondary N) is 3. The van der Waals surface area contributed by atoms with Crippen LogP contribution in [0.1, 0.15) is 36.5 Å². The molecule has 2 atom stereocenters. The number of amides is 3. The highest BCUT2D eigenvalue weighted by Crippen LogP contribution is 2.44. The van der Waals surface area contributed by atoms with Crippen molar-refractivity contribution in [3.05, 3.63) is 95.6 Å². The Hall–Kier alpha value is -4.66. The van der Waals surface area contributed by atoms with Crippen LogP contribution in [0, 0.1) is 5.92 Å². The molecule has 0 heterocycles. The smallest absolute Gasteiger partial charge is 0.407 e. The Labute approximate surface area is 239 Å². The fourth-order valence-electron chi connectivity index (χ4n) is 4.98. The minimum absolute atomic E-state index is 0.110. The molecule has 9 nitrogen and oxygen atoms in total. The Morgan fingerprint density at radius 3 is 1.95 bits per heavy atom. The summed E-state index contributed by atoms with van der Waals surface area (Å²) in [5, 5.41) is 7.92. The van der Waals surface area contributed by atoms with Crippen LogP contribution in [0.15, 0.2) is 78.9 Å². The summed E-state index contributed by atoms with van der Waals surface area (Å²) >= 11 is 0. The van der Waals surface area contributed by atoms with Gasteiger partial charge < -0.3 is 25.4 Å². The van der Waals surface area contributed by atoms with Crippen LogP contribution in [0.3, 0.4) is 0 Å². The number of esters is 1. The van der Waals surface area contributed by atoms with Crippen molar-refractivity contribution < 1.29 is 28.7 Å². The Bertz CT molecular complexity index is 1350. The van der Waals surface area contributed by atoms with Gasteiger partial charge in [0.2, 0.25) is 11.8 Å². The Morgan fingerprint density at radius 2 is 1.37 bits per heavy atom. The van der Waals surface area contributed by atoms with Crippen LogP contribution < -0.4 is 16.0 Å². The zero-order valence-corrected chi connectivity index (χ0v) is 23.4. The summed E-state index contributed by atoms with van der Waals surface area (Å²) in [6.45, 7) is 3.36. The summed E-state index contributed by atoms with van der Waals surface area (Å²) in [7, 11) is 1.22. The van der Waals surface area contributed by atoms with Crippen molar-refractivity contribution in [1.82, 2.24) is 16.0 Å². The van der Waals surface area contributed by atoms with Crippen molar-refractivity contribution in [3.63, 3.8) is 0 Å². The van der Waals surface area contributed by atoms with Gasteiger partial charge in [-0.05, 0) is 33.7 Å². The number of hydrogen-bond acceptors (Lipinski definition) is 6. The van der Waals surface area contributed by atoms with E-state index in [1.54, 1.807) is 13.8 Å². The maximum absolute atomic E-state index is 13.4. The number of alkyl carbamates (subject to hydrolysis) is 1. The minimum Gasteiger partial charge on any atom is -0.468 e. The van der Waals surface area contributed by atoms with E-state index in [-0.39, 0.29) is 31.4 Å². The van der Waals surface area contributed by atoms with E-state index >= 15 is 0 Å². The molecule has 3 amide bonds. The van der Waals surface area contributed by atoms with E-state index in [1.165, 1.54) is 7.11 Å². The summed E-state index contributed by atoms with van der Waals surface area (Å²) in [6.07, 6.45) is -0.537. The van der Waals surface area contributed by atoms with Crippen molar-refractivity contribution in [2.24, 2.45) is 5.92 Å². The average Bonchev–Trinajstić information content (AvgIpc) is 3.30. The lowest BCUT2D eigenvalue weighted by molar-refractivity contribution is -0.141. The fourth-order valence-corrected chi connectivity index (χ4v) is 4.98. The monoisotopic (exact) mass is 557 g/mol. The van der Waals surface area contributed by atoms with E-state index < -0.39 is 36.0 Å². The Kier molecular flexibility index (Phi) is 9.73. The third-order valence-corrected chi connectivity index (χ3v) is 7.12. The highest BCUT2D eigenvalue weighted by atomic mass is 16.5. The molecule has 9 heteroatoms. The first-order valence-corrected chi connectivity index (χ1v) is 13.6. The SMILES string of the molecule is COC(=O)CNC(=O)[C@H](Cc1ccccc1)NC(=O)[C@@H](NC(=O)OCC1c2ccccc2-c2ccccc21)C(C)C. The second-order valence-electron chi connectivity index (χ2n) is 10.2. The molecule has 1 aliphatic rings. The molecular weight excluding hydrogens is 522 g/mol. The molecule has 0 aromatic heterocycles. The maximum atomic E-state index is 13.4. The fraction of sp³-hybridized carbons (Fsp3) is 0.312. The summed E-state index contributed by atoms with van der Waals surface area (Å²) in [6, 6.07) is 23.3. The largest absolute Gasteiger partial charge is 0.468 e. The second-order valence-corrected chi connectivity index (χ2v) is 10.2. The van der Waals surface area contributed by atoms with Gasteiger partial charge in [-0.25, -0.2) is 4.79 Å². The molecule has 3 aromatic carbocycles. The van der Waals surface area contributed by atoms with E-state index in [9.17, 15) is 19.2 Å². The van der Waals surface area contributed by atoms with Gasteiger partial charge in [0.25, 0.3) is 0 Å². The van der Waals surface area contributed by atoms with E-state index in [0.29, 0.717) is 0 Å². The first kappa shape index (κ1) is 29.3. The van der Waals surface area contributed by atoms with Crippen molar-refractivity contribution in [3.8, 4) is 11.1 Å². The Balaban J connectivity index is 1.41. The molecule has 0 radical (unpaired) electrons. The van der Waals surface area contributed by atoms with Gasteiger partial charge in [-0.2, -0.15) is 0 Å². The van der Waals surface area contributed by atoms with Crippen molar-refractivity contribution in [2.45, 2.75) is 38.3 Å². The lowest BCUT2D eigenvalue weighted by atomic mass is 9.98. The zero-order valence-electron chi connectivity index (χ0n) is 23.4. The zero-order chi connectivity index (χ0) is 29.4. The number of carbonyl (C=O) groups is 4. The molecule has 0 spiro atoms. The average molecular weight is 558 g/mol. The molecular formula is C32H35N3O6. The third kappa shape index (κ3) is 7.30. The molecule has 0 saturated heterocycles. The molecule has 41 heavy (non-hydrogen) atoms. The molecule has 1 aliphatic carbocycles. The number of hydrogen-bond donors (Lipinski definition) is 3. The first-order chi connectivity index (χ1) is 19.8. The van der Waals surface area contributed by atoms with Gasteiger partial charge in [0, 0.05) is 12.3 Å². The number of rotatable bonds is 11. The highest BCUT2D eigenvalue weighted by Gasteiger charge is 2.32. The van der Waals surface area contributed by atoms with Crippen LogP contribution in [-0.4, -0.2) is 56.2 Å². The lowest BCUT2D eigenvalue weighted by Crippen LogP contribution is -2.56. The maximum Gasteiger partial charge on any atom is 0.407 e. The molecule has 0 unspecified atom stereocenters. The predicted molar refractivity (Wildman–Crippen MR) is 154 cm³/mol. The predicted octanol–water partition coefficient (Wildman–Crippen LogP) is 3.57. The van der Waals surface area contributed by atoms with Crippen molar-refractivity contribution in [2.75, 3.05) is 20.3 Å². The first-order valence-electron chi connectivity index (χ1n) is 13.6. The number of methoxy groups -OCH3 is 1. The molecule has 3 aromatic rings. The second kappa shape index (κ2) is 13.6. The van der Waals surface area contributed by atoms with Gasteiger partial charge >= 0.3 is 12.1 Å². The van der Waals surface area contributed by atoms with Crippen LogP contribution in [0.4, 0.5) is 4.79 Å². The molecule has 0 aliphatic heterocycles. The standard InChI is InChI=1S/C32H35N3O6/c1-20(2)29(31(38)34-27(17-21-11-5-4-6-12-21)30(37)33-18-28(36)40-3)35-32(39)41-19-26-24-15-9-7-13-22(24)23-14-8-10-16-25(23)26/h4-16,20,26-27,29H,17-19H2,1-3H3,(H,33,37)(H,34,38)(H,35,39)/t27-,29-/m0/s1. The molecule has 0 bridgehead atoms. The van der Waals surface area contributed by atoms with Gasteiger partial charge in [-0.1, -0.05) is 92.7 Å². The van der Waals surface area contributed by atoms with Crippen molar-refractivity contribution in [1.29, 1.82) is 0 Å². The number of carbonyl (C=O) groups excluding carboxylic acids is 4. The molecule has 0 fully saturated rings. The normalized spacial score (nSPS) is 13.4. The molecule has 0 saturated carbocycles. The van der Waals surface area contributed by atoms with Crippen LogP contribution in [0.25, 0.3) is 11.1 Å². The minimum atomic E-state index is -0.986. The summed E-state index contributed by atoms with van der Waals surface area (Å²) in [4.78, 5) is 50.7. The summed E-state index contributed by atoms with van der Waals surface area (Å²) < 4.78 is 10.2. The molecule has 3 N–H and O–H groups in total. The lowest BCUT2D eigenvalue weighted by Gasteiger charge is -2.25. The van der Waals surface area contributed by atoms with Crippen LogP contribution in [0.5, 0.6) is 0 Å². The number of fused-ring (bicyclic) bond motifs is 3.